The Labute approximate surface area is 159 Å². The van der Waals surface area contributed by atoms with E-state index in [9.17, 15) is 17.6 Å². The van der Waals surface area contributed by atoms with Crippen molar-refractivity contribution in [2.75, 3.05) is 19.0 Å². The van der Waals surface area contributed by atoms with E-state index in [1.54, 1.807) is 18.2 Å². The summed E-state index contributed by atoms with van der Waals surface area (Å²) in [6.07, 6.45) is 0. The SMILES string of the molecule is CCOc1ccc2nc(NC(=O)c3cc(S(=O)(=O)NC)ccc3F)sc2c1. The van der Waals surface area contributed by atoms with Gasteiger partial charge in [0.2, 0.25) is 10.0 Å². The van der Waals surface area contributed by atoms with Gasteiger partial charge in [0.1, 0.15) is 11.6 Å². The molecule has 0 unspecified atom stereocenters. The lowest BCUT2D eigenvalue weighted by molar-refractivity contribution is 0.102. The average Bonchev–Trinajstić information content (AvgIpc) is 3.03. The van der Waals surface area contributed by atoms with E-state index in [2.05, 4.69) is 15.0 Å². The van der Waals surface area contributed by atoms with Crippen molar-refractivity contribution in [3.63, 3.8) is 0 Å². The van der Waals surface area contributed by atoms with Crippen LogP contribution in [0.3, 0.4) is 0 Å². The lowest BCUT2D eigenvalue weighted by Gasteiger charge is -2.07. The van der Waals surface area contributed by atoms with Gasteiger partial charge in [0.25, 0.3) is 5.91 Å². The van der Waals surface area contributed by atoms with Crippen LogP contribution in [-0.2, 0) is 10.0 Å². The molecule has 0 saturated heterocycles. The highest BCUT2D eigenvalue weighted by Crippen LogP contribution is 2.29. The van der Waals surface area contributed by atoms with E-state index < -0.39 is 21.7 Å². The summed E-state index contributed by atoms with van der Waals surface area (Å²) in [4.78, 5) is 16.5. The number of nitrogens with zero attached hydrogens (tertiary/aromatic N) is 1. The first-order valence-electron chi connectivity index (χ1n) is 7.92. The summed E-state index contributed by atoms with van der Waals surface area (Å²) >= 11 is 1.20. The van der Waals surface area contributed by atoms with Crippen molar-refractivity contribution in [2.45, 2.75) is 11.8 Å². The molecule has 1 amide bonds. The highest BCUT2D eigenvalue weighted by molar-refractivity contribution is 7.89. The van der Waals surface area contributed by atoms with Crippen LogP contribution in [0.1, 0.15) is 17.3 Å². The Morgan fingerprint density at radius 2 is 2.04 bits per heavy atom. The molecule has 0 fully saturated rings. The van der Waals surface area contributed by atoms with Gasteiger partial charge in [0.05, 0.1) is 27.3 Å². The quantitative estimate of drug-likeness (QED) is 0.652. The van der Waals surface area contributed by atoms with E-state index in [1.165, 1.54) is 18.4 Å². The van der Waals surface area contributed by atoms with Gasteiger partial charge >= 0.3 is 0 Å². The Morgan fingerprint density at radius 1 is 1.26 bits per heavy atom. The number of amides is 1. The van der Waals surface area contributed by atoms with Crippen molar-refractivity contribution in [2.24, 2.45) is 0 Å². The third-order valence-electron chi connectivity index (χ3n) is 3.65. The number of hydrogen-bond acceptors (Lipinski definition) is 6. The fourth-order valence-electron chi connectivity index (χ4n) is 2.34. The largest absolute Gasteiger partial charge is 0.494 e. The third kappa shape index (κ3) is 4.07. The fraction of sp³-hybridized carbons (Fsp3) is 0.176. The van der Waals surface area contributed by atoms with E-state index >= 15 is 0 Å². The molecule has 0 saturated carbocycles. The van der Waals surface area contributed by atoms with Gasteiger partial charge in [-0.3, -0.25) is 10.1 Å². The minimum Gasteiger partial charge on any atom is -0.494 e. The van der Waals surface area contributed by atoms with Gasteiger partial charge in [0.15, 0.2) is 5.13 Å². The molecule has 142 valence electrons. The van der Waals surface area contributed by atoms with Gasteiger partial charge in [-0.25, -0.2) is 22.5 Å². The second kappa shape index (κ2) is 7.59. The van der Waals surface area contributed by atoms with Gasteiger partial charge < -0.3 is 4.74 Å². The Bertz CT molecular complexity index is 1110. The number of hydrogen-bond donors (Lipinski definition) is 2. The average molecular weight is 409 g/mol. The maximum atomic E-state index is 14.0. The summed E-state index contributed by atoms with van der Waals surface area (Å²) in [7, 11) is -2.57. The molecule has 3 aromatic rings. The summed E-state index contributed by atoms with van der Waals surface area (Å²) in [6.45, 7) is 2.40. The molecule has 2 N–H and O–H groups in total. The summed E-state index contributed by atoms with van der Waals surface area (Å²) in [5.41, 5.74) is 0.270. The first-order valence-corrected chi connectivity index (χ1v) is 10.2. The predicted octanol–water partition coefficient (Wildman–Crippen LogP) is 2.99. The van der Waals surface area contributed by atoms with Crippen LogP contribution < -0.4 is 14.8 Å². The molecule has 0 spiro atoms. The smallest absolute Gasteiger partial charge is 0.260 e. The zero-order chi connectivity index (χ0) is 19.6. The monoisotopic (exact) mass is 409 g/mol. The molecule has 7 nitrogen and oxygen atoms in total. The molecule has 0 bridgehead atoms. The molecule has 27 heavy (non-hydrogen) atoms. The number of rotatable bonds is 6. The number of sulfonamides is 1. The van der Waals surface area contributed by atoms with Crippen LogP contribution in [0.15, 0.2) is 41.3 Å². The van der Waals surface area contributed by atoms with Gasteiger partial charge in [0, 0.05) is 0 Å². The number of carbonyl (C=O) groups excluding carboxylic acids is 1. The van der Waals surface area contributed by atoms with Crippen LogP contribution in [0, 0.1) is 5.82 Å². The zero-order valence-electron chi connectivity index (χ0n) is 14.4. The number of anilines is 1. The molecular formula is C17H16FN3O4S2. The molecular weight excluding hydrogens is 393 g/mol. The molecule has 0 aliphatic heterocycles. The first kappa shape index (κ1) is 19.2. The van der Waals surface area contributed by atoms with E-state index in [0.29, 0.717) is 17.9 Å². The minimum absolute atomic E-state index is 0.206. The van der Waals surface area contributed by atoms with Gasteiger partial charge in [-0.15, -0.1) is 0 Å². The number of benzene rings is 2. The van der Waals surface area contributed by atoms with E-state index in [-0.39, 0.29) is 15.6 Å². The maximum Gasteiger partial charge on any atom is 0.260 e. The van der Waals surface area contributed by atoms with Crippen LogP contribution >= 0.6 is 11.3 Å². The molecule has 0 aliphatic carbocycles. The maximum absolute atomic E-state index is 14.0. The Kier molecular flexibility index (Phi) is 5.40. The van der Waals surface area contributed by atoms with Crippen molar-refractivity contribution >= 4 is 42.6 Å². The van der Waals surface area contributed by atoms with Crippen molar-refractivity contribution < 1.29 is 22.3 Å². The number of halogens is 1. The van der Waals surface area contributed by atoms with Gasteiger partial charge in [-0.05, 0) is 50.4 Å². The third-order valence-corrected chi connectivity index (χ3v) is 6.00. The first-order chi connectivity index (χ1) is 12.8. The lowest BCUT2D eigenvalue weighted by Crippen LogP contribution is -2.20. The normalized spacial score (nSPS) is 11.5. The van der Waals surface area contributed by atoms with E-state index in [4.69, 9.17) is 4.74 Å². The molecule has 1 heterocycles. The van der Waals surface area contributed by atoms with Gasteiger partial charge in [-0.1, -0.05) is 11.3 Å². The highest BCUT2D eigenvalue weighted by Gasteiger charge is 2.19. The standard InChI is InChI=1S/C17H16FN3O4S2/c1-3-25-10-4-7-14-15(8-10)26-17(20-14)21-16(22)12-9-11(5-6-13(12)18)27(23,24)19-2/h4-9,19H,3H2,1-2H3,(H,20,21,22). The van der Waals surface area contributed by atoms with Crippen LogP contribution in [0.5, 0.6) is 5.75 Å². The second-order valence-corrected chi connectivity index (χ2v) is 8.30. The van der Waals surface area contributed by atoms with Crippen LogP contribution in [0.2, 0.25) is 0 Å². The van der Waals surface area contributed by atoms with Crippen LogP contribution in [0.25, 0.3) is 10.2 Å². The molecule has 1 aromatic heterocycles. The van der Waals surface area contributed by atoms with Crippen molar-refractivity contribution in [3.8, 4) is 5.75 Å². The number of thiazole rings is 1. The molecule has 2 aromatic carbocycles. The lowest BCUT2D eigenvalue weighted by atomic mass is 10.2. The summed E-state index contributed by atoms with van der Waals surface area (Å²) in [5.74, 6) is -0.936. The number of fused-ring (bicyclic) bond motifs is 1. The molecule has 0 atom stereocenters. The Hall–Kier alpha value is -2.56. The van der Waals surface area contributed by atoms with Crippen molar-refractivity contribution in [1.82, 2.24) is 9.71 Å². The number of ether oxygens (including phenoxy) is 1. The summed E-state index contributed by atoms with van der Waals surface area (Å²) in [5, 5.41) is 2.78. The number of nitrogens with one attached hydrogen (secondary N) is 2. The highest BCUT2D eigenvalue weighted by atomic mass is 32.2. The molecule has 0 aliphatic rings. The van der Waals surface area contributed by atoms with E-state index in [0.717, 1.165) is 22.9 Å². The molecule has 10 heteroatoms. The van der Waals surface area contributed by atoms with Crippen LogP contribution in [-0.4, -0.2) is 33.0 Å². The number of carbonyl (C=O) groups is 1. The number of aromatic nitrogens is 1. The summed E-state index contributed by atoms with van der Waals surface area (Å²) in [6, 6.07) is 8.33. The van der Waals surface area contributed by atoms with Crippen molar-refractivity contribution in [1.29, 1.82) is 0 Å². The Morgan fingerprint density at radius 3 is 2.74 bits per heavy atom. The Balaban J connectivity index is 1.89. The van der Waals surface area contributed by atoms with Crippen LogP contribution in [0.4, 0.5) is 9.52 Å². The second-order valence-electron chi connectivity index (χ2n) is 5.38. The molecule has 3 rings (SSSR count). The zero-order valence-corrected chi connectivity index (χ0v) is 16.1. The fourth-order valence-corrected chi connectivity index (χ4v) is 3.99. The summed E-state index contributed by atoms with van der Waals surface area (Å²) < 4.78 is 46.1. The molecule has 0 radical (unpaired) electrons. The topological polar surface area (TPSA) is 97.4 Å². The van der Waals surface area contributed by atoms with E-state index in [1.807, 2.05) is 6.92 Å². The van der Waals surface area contributed by atoms with Gasteiger partial charge in [-0.2, -0.15) is 0 Å². The predicted molar refractivity (Wildman–Crippen MR) is 101 cm³/mol. The van der Waals surface area contributed by atoms with Crippen molar-refractivity contribution in [3.05, 3.63) is 47.8 Å². The minimum atomic E-state index is -3.80.